The fraction of sp³-hybridized carbons (Fsp3) is 0.333. The van der Waals surface area contributed by atoms with Gasteiger partial charge in [0.05, 0.1) is 0 Å². The molecule has 0 amide bonds. The number of anilines is 2. The highest BCUT2D eigenvalue weighted by Gasteiger charge is 2.18. The molecule has 2 nitrogen and oxygen atoms in total. The number of hydrogen-bond acceptors (Lipinski definition) is 2. The van der Waals surface area contributed by atoms with Crippen LogP contribution in [0.3, 0.4) is 0 Å². The van der Waals surface area contributed by atoms with Crippen LogP contribution in [0.25, 0.3) is 0 Å². The van der Waals surface area contributed by atoms with Gasteiger partial charge in [0, 0.05) is 30.9 Å². The lowest BCUT2D eigenvalue weighted by Crippen LogP contribution is -2.26. The molecular formula is C18H19F3N2. The van der Waals surface area contributed by atoms with E-state index in [1.807, 2.05) is 24.3 Å². The normalized spacial score (nSPS) is 18.0. The van der Waals surface area contributed by atoms with Crippen molar-refractivity contribution in [3.05, 3.63) is 59.4 Å². The summed E-state index contributed by atoms with van der Waals surface area (Å²) < 4.78 is 40.8. The summed E-state index contributed by atoms with van der Waals surface area (Å²) in [6.45, 7) is 1.01. The summed E-state index contributed by atoms with van der Waals surface area (Å²) in [6.07, 6.45) is 3.49. The summed E-state index contributed by atoms with van der Waals surface area (Å²) in [4.78, 5) is 1.39. The summed E-state index contributed by atoms with van der Waals surface area (Å²) in [7, 11) is 1.56. The van der Waals surface area contributed by atoms with Gasteiger partial charge in [0.15, 0.2) is 11.6 Å². The minimum atomic E-state index is -0.920. The van der Waals surface area contributed by atoms with Crippen molar-refractivity contribution in [2.24, 2.45) is 0 Å². The maximum atomic E-state index is 13.9. The molecule has 0 aliphatic carbocycles. The van der Waals surface area contributed by atoms with Crippen LogP contribution in [0.2, 0.25) is 0 Å². The molecule has 1 unspecified atom stereocenters. The van der Waals surface area contributed by atoms with Gasteiger partial charge in [-0.25, -0.2) is 13.2 Å². The average Bonchev–Trinajstić information content (AvgIpc) is 2.55. The zero-order chi connectivity index (χ0) is 16.4. The molecule has 122 valence electrons. The molecule has 23 heavy (non-hydrogen) atoms. The predicted octanol–water partition coefficient (Wildman–Crippen LogP) is 4.69. The quantitative estimate of drug-likeness (QED) is 0.883. The van der Waals surface area contributed by atoms with Crippen molar-refractivity contribution in [1.82, 2.24) is 5.32 Å². The van der Waals surface area contributed by atoms with Crippen molar-refractivity contribution in [2.75, 3.05) is 18.5 Å². The Labute approximate surface area is 133 Å². The van der Waals surface area contributed by atoms with Gasteiger partial charge < -0.3 is 10.2 Å². The maximum absolute atomic E-state index is 13.9. The van der Waals surface area contributed by atoms with Gasteiger partial charge in [0.25, 0.3) is 0 Å². The highest BCUT2D eigenvalue weighted by Crippen LogP contribution is 2.31. The van der Waals surface area contributed by atoms with Crippen LogP contribution >= 0.6 is 0 Å². The van der Waals surface area contributed by atoms with Gasteiger partial charge in [0.1, 0.15) is 11.5 Å². The SMILES string of the molecule is CN(c1ccc(C2CCCCN2)cc1)c1c(F)cc(F)cc1F. The summed E-state index contributed by atoms with van der Waals surface area (Å²) in [5, 5.41) is 3.46. The summed E-state index contributed by atoms with van der Waals surface area (Å²) in [6, 6.07) is 9.30. The molecule has 1 fully saturated rings. The van der Waals surface area contributed by atoms with Crippen LogP contribution in [0, 0.1) is 17.5 Å². The van der Waals surface area contributed by atoms with Crippen molar-refractivity contribution < 1.29 is 13.2 Å². The Morgan fingerprint density at radius 3 is 2.22 bits per heavy atom. The van der Waals surface area contributed by atoms with Gasteiger partial charge in [-0.2, -0.15) is 0 Å². The Morgan fingerprint density at radius 2 is 1.65 bits per heavy atom. The fourth-order valence-electron chi connectivity index (χ4n) is 3.05. The van der Waals surface area contributed by atoms with Gasteiger partial charge in [-0.1, -0.05) is 18.6 Å². The first-order chi connectivity index (χ1) is 11.1. The third-order valence-corrected chi connectivity index (χ3v) is 4.31. The van der Waals surface area contributed by atoms with E-state index in [-0.39, 0.29) is 5.69 Å². The first-order valence-electron chi connectivity index (χ1n) is 7.78. The van der Waals surface area contributed by atoms with E-state index in [0.717, 1.165) is 13.0 Å². The molecule has 0 spiro atoms. The summed E-state index contributed by atoms with van der Waals surface area (Å²) in [5.74, 6) is -2.75. The molecule has 1 N–H and O–H groups in total. The molecule has 5 heteroatoms. The molecule has 0 saturated carbocycles. The predicted molar refractivity (Wildman–Crippen MR) is 85.4 cm³/mol. The number of benzene rings is 2. The molecule has 2 aromatic carbocycles. The van der Waals surface area contributed by atoms with E-state index in [1.165, 1.54) is 23.3 Å². The first-order valence-corrected chi connectivity index (χ1v) is 7.78. The molecule has 0 radical (unpaired) electrons. The maximum Gasteiger partial charge on any atom is 0.152 e. The molecule has 1 heterocycles. The second-order valence-corrected chi connectivity index (χ2v) is 5.87. The van der Waals surface area contributed by atoms with Gasteiger partial charge in [-0.05, 0) is 37.1 Å². The van der Waals surface area contributed by atoms with Gasteiger partial charge in [-0.3, -0.25) is 0 Å². The van der Waals surface area contributed by atoms with E-state index in [2.05, 4.69) is 5.32 Å². The van der Waals surface area contributed by atoms with Crippen molar-refractivity contribution in [3.63, 3.8) is 0 Å². The lowest BCUT2D eigenvalue weighted by atomic mass is 9.97. The molecule has 0 aromatic heterocycles. The second kappa shape index (κ2) is 6.62. The lowest BCUT2D eigenvalue weighted by Gasteiger charge is -2.25. The minimum absolute atomic E-state index is 0.255. The van der Waals surface area contributed by atoms with Crippen LogP contribution in [0.4, 0.5) is 24.5 Å². The van der Waals surface area contributed by atoms with Crippen LogP contribution < -0.4 is 10.2 Å². The van der Waals surface area contributed by atoms with Crippen LogP contribution in [-0.2, 0) is 0 Å². The number of piperidine rings is 1. The van der Waals surface area contributed by atoms with Crippen molar-refractivity contribution in [1.29, 1.82) is 0 Å². The van der Waals surface area contributed by atoms with E-state index in [0.29, 0.717) is 23.9 Å². The zero-order valence-electron chi connectivity index (χ0n) is 13.0. The number of nitrogens with one attached hydrogen (secondary N) is 1. The second-order valence-electron chi connectivity index (χ2n) is 5.87. The molecule has 2 aromatic rings. The van der Waals surface area contributed by atoms with Crippen LogP contribution in [0.1, 0.15) is 30.9 Å². The van der Waals surface area contributed by atoms with Gasteiger partial charge >= 0.3 is 0 Å². The van der Waals surface area contributed by atoms with Crippen molar-refractivity contribution >= 4 is 11.4 Å². The van der Waals surface area contributed by atoms with Gasteiger partial charge in [0.2, 0.25) is 0 Å². The number of nitrogens with zero attached hydrogens (tertiary/aromatic N) is 1. The Kier molecular flexibility index (Phi) is 4.57. The molecule has 1 aliphatic heterocycles. The van der Waals surface area contributed by atoms with Crippen LogP contribution in [0.5, 0.6) is 0 Å². The Hall–Kier alpha value is -2.01. The van der Waals surface area contributed by atoms with Crippen LogP contribution in [0.15, 0.2) is 36.4 Å². The van der Waals surface area contributed by atoms with Crippen molar-refractivity contribution in [2.45, 2.75) is 25.3 Å². The standard InChI is InChI=1S/C18H19F3N2/c1-23(18-15(20)10-13(19)11-16(18)21)14-7-5-12(6-8-14)17-4-2-3-9-22-17/h5-8,10-11,17,22H,2-4,9H2,1H3. The van der Waals surface area contributed by atoms with E-state index in [9.17, 15) is 13.2 Å². The molecular weight excluding hydrogens is 301 g/mol. The molecule has 1 saturated heterocycles. The van der Waals surface area contributed by atoms with E-state index < -0.39 is 17.5 Å². The Bertz CT molecular complexity index is 656. The van der Waals surface area contributed by atoms with Gasteiger partial charge in [-0.15, -0.1) is 0 Å². The summed E-state index contributed by atoms with van der Waals surface area (Å²) >= 11 is 0. The number of rotatable bonds is 3. The van der Waals surface area contributed by atoms with E-state index in [4.69, 9.17) is 0 Å². The lowest BCUT2D eigenvalue weighted by molar-refractivity contribution is 0.412. The molecule has 0 bridgehead atoms. The first kappa shape index (κ1) is 15.9. The van der Waals surface area contributed by atoms with Crippen molar-refractivity contribution in [3.8, 4) is 0 Å². The van der Waals surface area contributed by atoms with E-state index >= 15 is 0 Å². The van der Waals surface area contributed by atoms with Crippen LogP contribution in [-0.4, -0.2) is 13.6 Å². The van der Waals surface area contributed by atoms with E-state index in [1.54, 1.807) is 7.05 Å². The number of halogens is 3. The zero-order valence-corrected chi connectivity index (χ0v) is 13.0. The number of hydrogen-bond donors (Lipinski definition) is 1. The average molecular weight is 320 g/mol. The third kappa shape index (κ3) is 3.34. The third-order valence-electron chi connectivity index (χ3n) is 4.31. The summed E-state index contributed by atoms with van der Waals surface area (Å²) in [5.41, 5.74) is 1.56. The fourth-order valence-corrected chi connectivity index (χ4v) is 3.05. The Balaban J connectivity index is 1.84. The topological polar surface area (TPSA) is 15.3 Å². The largest absolute Gasteiger partial charge is 0.340 e. The molecule has 1 atom stereocenters. The highest BCUT2D eigenvalue weighted by molar-refractivity contribution is 5.64. The smallest absolute Gasteiger partial charge is 0.152 e. The minimum Gasteiger partial charge on any atom is -0.340 e. The monoisotopic (exact) mass is 320 g/mol. The molecule has 1 aliphatic rings. The Morgan fingerprint density at radius 1 is 1.00 bits per heavy atom. The highest BCUT2D eigenvalue weighted by atomic mass is 19.1. The molecule has 3 rings (SSSR count).